The van der Waals surface area contributed by atoms with Gasteiger partial charge in [-0.15, -0.1) is 0 Å². The normalized spacial score (nSPS) is 18.2. The molecule has 70 heavy (non-hydrogen) atoms. The minimum Gasteiger partial charge on any atom is -0.379 e. The number of para-hydroxylation sites is 1. The van der Waals surface area contributed by atoms with Crippen molar-refractivity contribution >= 4 is 52.6 Å². The lowest BCUT2D eigenvalue weighted by Gasteiger charge is -2.59. The lowest BCUT2D eigenvalue weighted by Crippen LogP contribution is -2.75. The molecule has 0 spiro atoms. The van der Waals surface area contributed by atoms with Crippen LogP contribution >= 0.6 is 0 Å². The number of ether oxygens (including phenoxy) is 2. The minimum atomic E-state index is -1.16. The Morgan fingerprint density at radius 1 is 0.886 bits per heavy atom. The monoisotopic (exact) mass is 983 g/mol. The summed E-state index contributed by atoms with van der Waals surface area (Å²) in [5, 5.41) is 6.60. The highest BCUT2D eigenvalue weighted by atomic mass is 16.5. The van der Waals surface area contributed by atoms with Gasteiger partial charge >= 0.3 is 0 Å². The second-order valence-corrected chi connectivity index (χ2v) is 19.8. The Bertz CT molecular complexity index is 2010. The number of likely N-dealkylation sites (N-methyl/N-ethyl adjacent to an activating group) is 2. The molecule has 1 fully saturated rings. The number of nitrogens with zero attached hydrogens (tertiary/aromatic N) is 3. The number of carbonyl (C=O) groups is 7. The number of hydrogen-bond acceptors (Lipinski definition) is 13. The van der Waals surface area contributed by atoms with Crippen molar-refractivity contribution in [1.29, 1.82) is 0 Å². The number of aromatic nitrogens is 1. The number of aldehydes is 1. The van der Waals surface area contributed by atoms with Crippen LogP contribution in [0.4, 0.5) is 0 Å². The maximum Gasteiger partial charge on any atom is 0.244 e. The van der Waals surface area contributed by atoms with E-state index < -0.39 is 71.6 Å². The first kappa shape index (κ1) is 59.5. The molecule has 19 heteroatoms. The van der Waals surface area contributed by atoms with Gasteiger partial charge in [-0.05, 0) is 88.7 Å². The molecule has 19 nitrogen and oxygen atoms in total. The molecular formula is C51H86N10O9. The molecule has 9 atom stereocenters. The van der Waals surface area contributed by atoms with Gasteiger partial charge in [0.1, 0.15) is 18.0 Å². The second-order valence-electron chi connectivity index (χ2n) is 19.8. The SMILES string of the molecule is CC[C@H](C)[C@]([C@@H](CC=O)OC)(N(C)[C@H](C(=O)NC(=O)[C@H](C(C)C)N(C)CCCC(=O)NNC(=O)CCCCCN)C(C)C)N1CCC[C@H]1[C@H](OC)[C@@H](C)C(=O)N[C@@H](Cc1c[nH]c2ccccc12)C(N)=O. The summed E-state index contributed by atoms with van der Waals surface area (Å²) >= 11 is 0. The van der Waals surface area contributed by atoms with Crippen LogP contribution < -0.4 is 33.0 Å². The van der Waals surface area contributed by atoms with E-state index in [0.29, 0.717) is 51.7 Å². The quantitative estimate of drug-likeness (QED) is 0.0326. The van der Waals surface area contributed by atoms with Crippen molar-refractivity contribution in [2.45, 2.75) is 161 Å². The summed E-state index contributed by atoms with van der Waals surface area (Å²) in [6.45, 7) is 14.9. The van der Waals surface area contributed by atoms with Crippen molar-refractivity contribution in [1.82, 2.24) is 41.2 Å². The molecule has 0 saturated carbocycles. The van der Waals surface area contributed by atoms with E-state index in [2.05, 4.69) is 38.3 Å². The van der Waals surface area contributed by atoms with E-state index in [4.69, 9.17) is 20.9 Å². The van der Waals surface area contributed by atoms with Crippen molar-refractivity contribution in [3.05, 3.63) is 36.0 Å². The van der Waals surface area contributed by atoms with E-state index >= 15 is 0 Å². The number of carbonyl (C=O) groups excluding carboxylic acids is 7. The molecule has 1 aromatic heterocycles. The number of aromatic amines is 1. The Balaban J connectivity index is 1.91. The summed E-state index contributed by atoms with van der Waals surface area (Å²) < 4.78 is 12.5. The number of H-pyrrole nitrogens is 1. The third-order valence-corrected chi connectivity index (χ3v) is 14.4. The Morgan fingerprint density at radius 2 is 1.51 bits per heavy atom. The summed E-state index contributed by atoms with van der Waals surface area (Å²) in [5.74, 6) is -4.32. The van der Waals surface area contributed by atoms with Crippen LogP contribution in [0.1, 0.15) is 118 Å². The number of nitrogens with one attached hydrogen (secondary N) is 5. The highest BCUT2D eigenvalue weighted by molar-refractivity contribution is 6.00. The van der Waals surface area contributed by atoms with Crippen molar-refractivity contribution < 1.29 is 43.0 Å². The lowest BCUT2D eigenvalue weighted by molar-refractivity contribution is -0.203. The van der Waals surface area contributed by atoms with Crippen LogP contribution in [0.25, 0.3) is 10.9 Å². The van der Waals surface area contributed by atoms with Crippen LogP contribution in [0.15, 0.2) is 30.5 Å². The van der Waals surface area contributed by atoms with E-state index in [0.717, 1.165) is 35.6 Å². The van der Waals surface area contributed by atoms with Gasteiger partial charge in [0.05, 0.1) is 30.2 Å². The first-order chi connectivity index (χ1) is 33.3. The fraction of sp³-hybridized carbons (Fsp3) is 0.706. The molecule has 2 heterocycles. The minimum absolute atomic E-state index is 0.0125. The third-order valence-electron chi connectivity index (χ3n) is 14.4. The summed E-state index contributed by atoms with van der Waals surface area (Å²) in [6.07, 6.45) is 6.36. The zero-order valence-electron chi connectivity index (χ0n) is 43.8. The van der Waals surface area contributed by atoms with Gasteiger partial charge < -0.3 is 36.0 Å². The molecule has 1 aliphatic heterocycles. The summed E-state index contributed by atoms with van der Waals surface area (Å²) in [7, 11) is 6.72. The molecule has 394 valence electrons. The molecule has 0 unspecified atom stereocenters. The third kappa shape index (κ3) is 15.1. The smallest absolute Gasteiger partial charge is 0.244 e. The Labute approximate surface area is 415 Å². The summed E-state index contributed by atoms with van der Waals surface area (Å²) in [4.78, 5) is 103. The van der Waals surface area contributed by atoms with Gasteiger partial charge in [-0.3, -0.25) is 59.6 Å². The maximum atomic E-state index is 14.8. The van der Waals surface area contributed by atoms with Crippen LogP contribution in [-0.4, -0.2) is 151 Å². The molecule has 0 aliphatic carbocycles. The van der Waals surface area contributed by atoms with Crippen molar-refractivity contribution in [2.24, 2.45) is 35.1 Å². The Kier molecular flexibility index (Phi) is 24.6. The number of hydrogen-bond donors (Lipinski definition) is 7. The zero-order chi connectivity index (χ0) is 52.3. The highest BCUT2D eigenvalue weighted by Gasteiger charge is 2.58. The lowest BCUT2D eigenvalue weighted by atomic mass is 9.78. The average molecular weight is 983 g/mol. The largest absolute Gasteiger partial charge is 0.379 e. The van der Waals surface area contributed by atoms with Gasteiger partial charge in [0.25, 0.3) is 0 Å². The van der Waals surface area contributed by atoms with Crippen LogP contribution in [0.5, 0.6) is 0 Å². The molecule has 1 aliphatic rings. The number of imide groups is 1. The summed E-state index contributed by atoms with van der Waals surface area (Å²) in [5.41, 5.74) is 16.9. The van der Waals surface area contributed by atoms with Gasteiger partial charge in [0.2, 0.25) is 35.4 Å². The standard InChI is InChI=1S/C51H86N10O9/c1-12-34(6)51(41(69-10)25-29-62,61-28-18-22-40(61)46(70-11)35(7)48(66)55-39(47(53)65)30-36-31-54-38-21-16-15-20-37(36)38)60(9)45(33(4)5)50(68)56-49(67)44(32(2)3)59(8)27-19-24-43(64)58-57-42(63)23-14-13-17-26-52/h15-16,20-21,29,31-35,39-41,44-46,54H,12-14,17-19,22-28,30,52H2,1-11H3,(H2,53,65)(H,55,66)(H,57,63)(H,58,64)(H,56,67,68)/t34-,35+,39-,40-,41+,44-,45-,46+,51-/m0/s1. The molecule has 2 aromatic rings. The topological polar surface area (TPSA) is 264 Å². The fourth-order valence-electron chi connectivity index (χ4n) is 10.8. The van der Waals surface area contributed by atoms with E-state index in [1.165, 1.54) is 0 Å². The van der Waals surface area contributed by atoms with Gasteiger partial charge in [0, 0.05) is 69.6 Å². The molecule has 0 bridgehead atoms. The van der Waals surface area contributed by atoms with E-state index in [9.17, 15) is 33.6 Å². The predicted octanol–water partition coefficient (Wildman–Crippen LogP) is 3.14. The number of rotatable bonds is 31. The van der Waals surface area contributed by atoms with Crippen LogP contribution in [0, 0.1) is 23.7 Å². The number of benzene rings is 1. The number of nitrogens with two attached hydrogens (primary N) is 2. The van der Waals surface area contributed by atoms with Gasteiger partial charge in [0.15, 0.2) is 0 Å². The predicted molar refractivity (Wildman–Crippen MR) is 270 cm³/mol. The van der Waals surface area contributed by atoms with Crippen LogP contribution in [0.2, 0.25) is 0 Å². The van der Waals surface area contributed by atoms with Gasteiger partial charge in [-0.25, -0.2) is 0 Å². The number of methoxy groups -OCH3 is 2. The van der Waals surface area contributed by atoms with Crippen LogP contribution in [-0.2, 0) is 49.5 Å². The molecular weight excluding hydrogens is 897 g/mol. The Hall–Kier alpha value is -4.79. The number of primary amides is 1. The molecule has 3 rings (SSSR count). The molecule has 9 N–H and O–H groups in total. The first-order valence-corrected chi connectivity index (χ1v) is 25.2. The highest BCUT2D eigenvalue weighted by Crippen LogP contribution is 2.44. The second kappa shape index (κ2) is 28.9. The Morgan fingerprint density at radius 3 is 2.09 bits per heavy atom. The number of amides is 6. The van der Waals surface area contributed by atoms with E-state index in [1.54, 1.807) is 28.2 Å². The van der Waals surface area contributed by atoms with Crippen molar-refractivity contribution in [2.75, 3.05) is 47.9 Å². The molecule has 0 radical (unpaired) electrons. The maximum absolute atomic E-state index is 14.8. The number of unbranched alkanes of at least 4 members (excludes halogenated alkanes) is 2. The van der Waals surface area contributed by atoms with Crippen molar-refractivity contribution in [3.8, 4) is 0 Å². The average Bonchev–Trinajstić information content (AvgIpc) is 3.97. The fourth-order valence-corrected chi connectivity index (χ4v) is 10.8. The first-order valence-electron chi connectivity index (χ1n) is 25.2. The molecule has 1 saturated heterocycles. The molecule has 1 aromatic carbocycles. The van der Waals surface area contributed by atoms with Crippen LogP contribution in [0.3, 0.4) is 0 Å². The number of fused-ring (bicyclic) bond motifs is 1. The van der Waals surface area contributed by atoms with Gasteiger partial charge in [-0.1, -0.05) is 79.5 Å². The zero-order valence-corrected chi connectivity index (χ0v) is 43.8. The molecule has 6 amide bonds. The van der Waals surface area contributed by atoms with Crippen molar-refractivity contribution in [3.63, 3.8) is 0 Å². The number of likely N-dealkylation sites (tertiary alicyclic amines) is 1. The summed E-state index contributed by atoms with van der Waals surface area (Å²) in [6, 6.07) is 4.62. The van der Waals surface area contributed by atoms with E-state index in [1.807, 2.05) is 81.9 Å². The van der Waals surface area contributed by atoms with Gasteiger partial charge in [-0.2, -0.15) is 0 Å². The number of hydrazine groups is 1. The van der Waals surface area contributed by atoms with E-state index in [-0.39, 0.29) is 55.3 Å².